The summed E-state index contributed by atoms with van der Waals surface area (Å²) in [6, 6.07) is 17.8. The lowest BCUT2D eigenvalue weighted by atomic mass is 10.0. The number of nitrogens with zero attached hydrogens (tertiary/aromatic N) is 1. The molecule has 0 aliphatic carbocycles. The molecule has 30 heavy (non-hydrogen) atoms. The number of esters is 1. The van der Waals surface area contributed by atoms with Crippen LogP contribution in [-0.4, -0.2) is 19.0 Å². The minimum atomic E-state index is -0.523. The predicted molar refractivity (Wildman–Crippen MR) is 114 cm³/mol. The summed E-state index contributed by atoms with van der Waals surface area (Å²) in [7, 11) is 1.33. The fourth-order valence-corrected chi connectivity index (χ4v) is 3.02. The van der Waals surface area contributed by atoms with Crippen LogP contribution in [0.5, 0.6) is 0 Å². The Morgan fingerprint density at radius 1 is 1.10 bits per heavy atom. The molecule has 0 aliphatic heterocycles. The van der Waals surface area contributed by atoms with Crippen LogP contribution in [0.25, 0.3) is 17.4 Å². The van der Waals surface area contributed by atoms with Crippen molar-refractivity contribution < 1.29 is 18.7 Å². The van der Waals surface area contributed by atoms with Gasteiger partial charge in [0.25, 0.3) is 5.91 Å². The van der Waals surface area contributed by atoms with Gasteiger partial charge in [-0.2, -0.15) is 5.26 Å². The van der Waals surface area contributed by atoms with Gasteiger partial charge in [-0.1, -0.05) is 24.3 Å². The molecule has 0 atom stereocenters. The summed E-state index contributed by atoms with van der Waals surface area (Å²) in [6.07, 6.45) is 1.38. The number of carbonyl (C=O) groups excluding carboxylic acids is 2. The van der Waals surface area contributed by atoms with Crippen LogP contribution < -0.4 is 5.32 Å². The van der Waals surface area contributed by atoms with E-state index < -0.39 is 11.9 Å². The molecular formula is C24H20N2O4. The molecule has 2 aromatic carbocycles. The first-order valence-corrected chi connectivity index (χ1v) is 9.21. The zero-order valence-corrected chi connectivity index (χ0v) is 16.9. The van der Waals surface area contributed by atoms with Crippen LogP contribution in [0.4, 0.5) is 5.69 Å². The first-order valence-electron chi connectivity index (χ1n) is 9.21. The number of aryl methyl sites for hydroxylation is 1. The minimum Gasteiger partial charge on any atom is -0.465 e. The number of hydrogen-bond acceptors (Lipinski definition) is 5. The number of amides is 1. The Hall–Kier alpha value is -4.11. The Bertz CT molecular complexity index is 1180. The number of nitriles is 1. The highest BCUT2D eigenvalue weighted by Gasteiger charge is 2.16. The molecule has 0 unspecified atom stereocenters. The van der Waals surface area contributed by atoms with Crippen molar-refractivity contribution in [2.75, 3.05) is 12.4 Å². The van der Waals surface area contributed by atoms with Gasteiger partial charge in [0.05, 0.1) is 12.7 Å². The maximum Gasteiger partial charge on any atom is 0.338 e. The molecule has 6 heteroatoms. The van der Waals surface area contributed by atoms with E-state index in [1.165, 1.54) is 13.2 Å². The Morgan fingerprint density at radius 2 is 1.87 bits per heavy atom. The van der Waals surface area contributed by atoms with Gasteiger partial charge in [0.2, 0.25) is 0 Å². The number of nitrogens with one attached hydrogen (secondary N) is 1. The van der Waals surface area contributed by atoms with Crippen LogP contribution in [-0.2, 0) is 9.53 Å². The van der Waals surface area contributed by atoms with Crippen molar-refractivity contribution in [3.8, 4) is 17.4 Å². The summed E-state index contributed by atoms with van der Waals surface area (Å²) in [5, 5.41) is 12.1. The molecule has 0 radical (unpaired) electrons. The molecule has 3 rings (SSSR count). The lowest BCUT2D eigenvalue weighted by Crippen LogP contribution is -2.13. The highest BCUT2D eigenvalue weighted by Crippen LogP contribution is 2.28. The lowest BCUT2D eigenvalue weighted by molar-refractivity contribution is -0.112. The normalized spacial score (nSPS) is 10.9. The van der Waals surface area contributed by atoms with Crippen molar-refractivity contribution in [1.82, 2.24) is 0 Å². The summed E-state index contributed by atoms with van der Waals surface area (Å²) >= 11 is 0. The third-order valence-electron chi connectivity index (χ3n) is 4.56. The summed E-state index contributed by atoms with van der Waals surface area (Å²) < 4.78 is 10.6. The Kier molecular flexibility index (Phi) is 6.14. The summed E-state index contributed by atoms with van der Waals surface area (Å²) in [5.41, 5.74) is 3.40. The molecular weight excluding hydrogens is 380 g/mol. The van der Waals surface area contributed by atoms with Crippen molar-refractivity contribution in [3.63, 3.8) is 0 Å². The van der Waals surface area contributed by atoms with E-state index >= 15 is 0 Å². The fraction of sp³-hybridized carbons (Fsp3) is 0.125. The van der Waals surface area contributed by atoms with Gasteiger partial charge in [0.1, 0.15) is 23.2 Å². The number of rotatable bonds is 5. The molecule has 1 heterocycles. The number of ether oxygens (including phenoxy) is 1. The second kappa shape index (κ2) is 8.93. The second-order valence-corrected chi connectivity index (χ2v) is 6.67. The van der Waals surface area contributed by atoms with Gasteiger partial charge in [-0.3, -0.25) is 4.79 Å². The maximum absolute atomic E-state index is 12.4. The van der Waals surface area contributed by atoms with E-state index in [0.717, 1.165) is 11.1 Å². The smallest absolute Gasteiger partial charge is 0.338 e. The SMILES string of the molecule is COC(=O)c1cccc(-c2ccc(/C=C(/C#N)C(=O)Nc3cccc(C)c3)o2)c1C. The van der Waals surface area contributed by atoms with E-state index in [4.69, 9.17) is 9.15 Å². The highest BCUT2D eigenvalue weighted by atomic mass is 16.5. The molecule has 0 spiro atoms. The Labute approximate surface area is 174 Å². The zero-order chi connectivity index (χ0) is 21.7. The van der Waals surface area contributed by atoms with Gasteiger partial charge in [-0.25, -0.2) is 4.79 Å². The van der Waals surface area contributed by atoms with E-state index in [2.05, 4.69) is 5.32 Å². The van der Waals surface area contributed by atoms with Crippen molar-refractivity contribution in [3.05, 3.63) is 82.6 Å². The van der Waals surface area contributed by atoms with E-state index in [1.54, 1.807) is 37.3 Å². The maximum atomic E-state index is 12.4. The predicted octanol–water partition coefficient (Wildman–Crippen LogP) is 4.90. The Morgan fingerprint density at radius 3 is 2.57 bits per heavy atom. The zero-order valence-electron chi connectivity index (χ0n) is 16.9. The van der Waals surface area contributed by atoms with Crippen molar-refractivity contribution in [1.29, 1.82) is 5.26 Å². The summed E-state index contributed by atoms with van der Waals surface area (Å²) in [5.74, 6) is -0.0878. The molecule has 0 saturated carbocycles. The van der Waals surface area contributed by atoms with Gasteiger partial charge in [0, 0.05) is 17.3 Å². The largest absolute Gasteiger partial charge is 0.465 e. The summed E-state index contributed by atoms with van der Waals surface area (Å²) in [6.45, 7) is 3.72. The minimum absolute atomic E-state index is 0.0857. The van der Waals surface area contributed by atoms with E-state index in [1.807, 2.05) is 37.3 Å². The van der Waals surface area contributed by atoms with Crippen LogP contribution in [0, 0.1) is 25.2 Å². The number of anilines is 1. The molecule has 6 nitrogen and oxygen atoms in total. The molecule has 1 amide bonds. The molecule has 3 aromatic rings. The van der Waals surface area contributed by atoms with Gasteiger partial charge in [-0.15, -0.1) is 0 Å². The number of hydrogen-bond donors (Lipinski definition) is 1. The van der Waals surface area contributed by atoms with Crippen LogP contribution in [0.15, 0.2) is 64.6 Å². The molecule has 0 bridgehead atoms. The molecule has 1 aromatic heterocycles. The number of carbonyl (C=O) groups is 2. The first-order chi connectivity index (χ1) is 14.4. The highest BCUT2D eigenvalue weighted by molar-refractivity contribution is 6.09. The molecule has 150 valence electrons. The topological polar surface area (TPSA) is 92.3 Å². The van der Waals surface area contributed by atoms with Crippen molar-refractivity contribution in [2.45, 2.75) is 13.8 Å². The second-order valence-electron chi connectivity index (χ2n) is 6.67. The molecule has 0 aliphatic rings. The first kappa shape index (κ1) is 20.6. The van der Waals surface area contributed by atoms with Crippen LogP contribution in [0.3, 0.4) is 0 Å². The number of benzene rings is 2. The quantitative estimate of drug-likeness (QED) is 0.374. The fourth-order valence-electron chi connectivity index (χ4n) is 3.02. The average Bonchev–Trinajstić information content (AvgIpc) is 3.20. The van der Waals surface area contributed by atoms with Gasteiger partial charge in [0.15, 0.2) is 0 Å². The molecule has 0 fully saturated rings. The van der Waals surface area contributed by atoms with Crippen LogP contribution in [0.2, 0.25) is 0 Å². The van der Waals surface area contributed by atoms with E-state index in [0.29, 0.717) is 28.3 Å². The summed E-state index contributed by atoms with van der Waals surface area (Å²) in [4.78, 5) is 24.4. The molecule has 0 saturated heterocycles. The van der Waals surface area contributed by atoms with Gasteiger partial charge >= 0.3 is 5.97 Å². The molecule has 1 N–H and O–H groups in total. The number of methoxy groups -OCH3 is 1. The average molecular weight is 400 g/mol. The van der Waals surface area contributed by atoms with Gasteiger partial charge < -0.3 is 14.5 Å². The van der Waals surface area contributed by atoms with Crippen LogP contribution >= 0.6 is 0 Å². The van der Waals surface area contributed by atoms with E-state index in [9.17, 15) is 14.9 Å². The standard InChI is InChI=1S/C24H20N2O4/c1-15-6-4-7-18(12-15)26-23(27)17(14-25)13-19-10-11-22(30-19)20-8-5-9-21(16(20)2)24(28)29-3/h4-13H,1-3H3,(H,26,27)/b17-13-. The lowest BCUT2D eigenvalue weighted by Gasteiger charge is -2.07. The van der Waals surface area contributed by atoms with Crippen LogP contribution in [0.1, 0.15) is 27.2 Å². The van der Waals surface area contributed by atoms with E-state index in [-0.39, 0.29) is 5.57 Å². The monoisotopic (exact) mass is 400 g/mol. The van der Waals surface area contributed by atoms with Crippen molar-refractivity contribution >= 4 is 23.6 Å². The third kappa shape index (κ3) is 4.47. The third-order valence-corrected chi connectivity index (χ3v) is 4.56. The van der Waals surface area contributed by atoms with Gasteiger partial charge in [-0.05, 0) is 55.3 Å². The van der Waals surface area contributed by atoms with Crippen molar-refractivity contribution in [2.24, 2.45) is 0 Å². The Balaban J connectivity index is 1.86. The number of furan rings is 1.